The SMILES string of the molecule is CCC(C)N(C)CCNc1c(C)cccc1C(=O)O. The fourth-order valence-corrected chi connectivity index (χ4v) is 1.97. The Bertz CT molecular complexity index is 432. The Labute approximate surface area is 115 Å². The quantitative estimate of drug-likeness (QED) is 0.795. The predicted molar refractivity (Wildman–Crippen MR) is 79.0 cm³/mol. The summed E-state index contributed by atoms with van der Waals surface area (Å²) in [5, 5.41) is 12.4. The van der Waals surface area contributed by atoms with Crippen LogP contribution < -0.4 is 5.32 Å². The molecular weight excluding hydrogens is 240 g/mol. The normalized spacial score (nSPS) is 12.5. The van der Waals surface area contributed by atoms with Crippen LogP contribution in [0.15, 0.2) is 18.2 Å². The second-order valence-electron chi connectivity index (χ2n) is 4.97. The first-order chi connectivity index (χ1) is 8.97. The molecule has 0 fully saturated rings. The molecule has 0 aliphatic rings. The number of nitrogens with zero attached hydrogens (tertiary/aromatic N) is 1. The summed E-state index contributed by atoms with van der Waals surface area (Å²) in [7, 11) is 2.09. The Morgan fingerprint density at radius 1 is 1.47 bits per heavy atom. The molecule has 0 aliphatic carbocycles. The van der Waals surface area contributed by atoms with E-state index in [-0.39, 0.29) is 0 Å². The first-order valence-corrected chi connectivity index (χ1v) is 6.74. The van der Waals surface area contributed by atoms with Gasteiger partial charge in [0.05, 0.1) is 11.3 Å². The lowest BCUT2D eigenvalue weighted by Crippen LogP contribution is -2.33. The first-order valence-electron chi connectivity index (χ1n) is 6.74. The fourth-order valence-electron chi connectivity index (χ4n) is 1.97. The van der Waals surface area contributed by atoms with Gasteiger partial charge in [-0.2, -0.15) is 0 Å². The number of benzene rings is 1. The maximum absolute atomic E-state index is 11.2. The number of carbonyl (C=O) groups is 1. The van der Waals surface area contributed by atoms with Crippen LogP contribution in [0.5, 0.6) is 0 Å². The molecule has 1 aromatic rings. The predicted octanol–water partition coefficient (Wildman–Crippen LogP) is 2.84. The minimum atomic E-state index is -0.888. The van der Waals surface area contributed by atoms with Crippen LogP contribution in [0.25, 0.3) is 0 Å². The van der Waals surface area contributed by atoms with Gasteiger partial charge in [0.25, 0.3) is 0 Å². The van der Waals surface area contributed by atoms with Crippen LogP contribution in [0.2, 0.25) is 0 Å². The van der Waals surface area contributed by atoms with Crippen molar-refractivity contribution < 1.29 is 9.90 Å². The standard InChI is InChI=1S/C15H24N2O2/c1-5-12(3)17(4)10-9-16-14-11(2)7-6-8-13(14)15(18)19/h6-8,12,16H,5,9-10H2,1-4H3,(H,18,19). The van der Waals surface area contributed by atoms with Crippen LogP contribution in [0.1, 0.15) is 36.2 Å². The van der Waals surface area contributed by atoms with Gasteiger partial charge in [0.15, 0.2) is 0 Å². The van der Waals surface area contributed by atoms with E-state index < -0.39 is 5.97 Å². The van der Waals surface area contributed by atoms with Crippen molar-refractivity contribution in [3.63, 3.8) is 0 Å². The molecule has 0 aromatic heterocycles. The van der Waals surface area contributed by atoms with Crippen molar-refractivity contribution in [2.24, 2.45) is 0 Å². The number of aromatic carboxylic acids is 1. The number of rotatable bonds is 7. The van der Waals surface area contributed by atoms with Crippen molar-refractivity contribution in [3.05, 3.63) is 29.3 Å². The van der Waals surface area contributed by atoms with Gasteiger partial charge in [0.1, 0.15) is 0 Å². The van der Waals surface area contributed by atoms with E-state index >= 15 is 0 Å². The summed E-state index contributed by atoms with van der Waals surface area (Å²) >= 11 is 0. The summed E-state index contributed by atoms with van der Waals surface area (Å²) in [6.07, 6.45) is 1.11. The van der Waals surface area contributed by atoms with Gasteiger partial charge in [-0.3, -0.25) is 0 Å². The number of carboxylic acids is 1. The van der Waals surface area contributed by atoms with Gasteiger partial charge in [-0.05, 0) is 38.9 Å². The summed E-state index contributed by atoms with van der Waals surface area (Å²) in [5.74, 6) is -0.888. The molecule has 4 heteroatoms. The molecule has 0 saturated heterocycles. The highest BCUT2D eigenvalue weighted by atomic mass is 16.4. The van der Waals surface area contributed by atoms with Crippen molar-refractivity contribution in [3.8, 4) is 0 Å². The Morgan fingerprint density at radius 2 is 2.16 bits per heavy atom. The maximum Gasteiger partial charge on any atom is 0.337 e. The molecule has 19 heavy (non-hydrogen) atoms. The van der Waals surface area contributed by atoms with Crippen molar-refractivity contribution >= 4 is 11.7 Å². The zero-order chi connectivity index (χ0) is 14.4. The summed E-state index contributed by atoms with van der Waals surface area (Å²) < 4.78 is 0. The monoisotopic (exact) mass is 264 g/mol. The zero-order valence-corrected chi connectivity index (χ0v) is 12.2. The second-order valence-corrected chi connectivity index (χ2v) is 4.97. The maximum atomic E-state index is 11.2. The third kappa shape index (κ3) is 4.24. The van der Waals surface area contributed by atoms with E-state index in [0.717, 1.165) is 30.8 Å². The second kappa shape index (κ2) is 7.14. The van der Waals surface area contributed by atoms with Crippen LogP contribution in [-0.4, -0.2) is 42.2 Å². The van der Waals surface area contributed by atoms with Crippen molar-refractivity contribution in [1.29, 1.82) is 0 Å². The highest BCUT2D eigenvalue weighted by molar-refractivity contribution is 5.95. The molecule has 0 bridgehead atoms. The van der Waals surface area contributed by atoms with Crippen molar-refractivity contribution in [2.75, 3.05) is 25.5 Å². The minimum Gasteiger partial charge on any atom is -0.478 e. The lowest BCUT2D eigenvalue weighted by Gasteiger charge is -2.24. The lowest BCUT2D eigenvalue weighted by atomic mass is 10.1. The highest BCUT2D eigenvalue weighted by Crippen LogP contribution is 2.20. The van der Waals surface area contributed by atoms with Gasteiger partial charge in [-0.1, -0.05) is 19.1 Å². The number of anilines is 1. The van der Waals surface area contributed by atoms with Gasteiger partial charge < -0.3 is 15.3 Å². The van der Waals surface area contributed by atoms with E-state index in [2.05, 4.69) is 31.1 Å². The van der Waals surface area contributed by atoms with E-state index in [9.17, 15) is 9.90 Å². The molecule has 0 amide bonds. The Morgan fingerprint density at radius 3 is 2.74 bits per heavy atom. The molecule has 0 aliphatic heterocycles. The molecule has 1 aromatic carbocycles. The summed E-state index contributed by atoms with van der Waals surface area (Å²) in [5.41, 5.74) is 2.03. The molecule has 2 N–H and O–H groups in total. The number of carboxylic acid groups (broad SMARTS) is 1. The Kier molecular flexibility index (Phi) is 5.83. The van der Waals surface area contributed by atoms with Gasteiger partial charge in [0, 0.05) is 19.1 Å². The molecule has 0 radical (unpaired) electrons. The van der Waals surface area contributed by atoms with E-state index in [1.807, 2.05) is 13.0 Å². The topological polar surface area (TPSA) is 52.6 Å². The molecule has 1 rings (SSSR count). The average Bonchev–Trinajstić information content (AvgIpc) is 2.39. The summed E-state index contributed by atoms with van der Waals surface area (Å²) in [6, 6.07) is 5.87. The van der Waals surface area contributed by atoms with Crippen LogP contribution in [0, 0.1) is 6.92 Å². The van der Waals surface area contributed by atoms with Crippen molar-refractivity contribution in [2.45, 2.75) is 33.2 Å². The molecule has 0 spiro atoms. The molecule has 1 atom stereocenters. The van der Waals surface area contributed by atoms with Gasteiger partial charge in [0.2, 0.25) is 0 Å². The van der Waals surface area contributed by atoms with E-state index in [1.165, 1.54) is 0 Å². The first kappa shape index (κ1) is 15.5. The average molecular weight is 264 g/mol. The van der Waals surface area contributed by atoms with Crippen LogP contribution >= 0.6 is 0 Å². The molecule has 0 saturated carbocycles. The lowest BCUT2D eigenvalue weighted by molar-refractivity contribution is 0.0698. The summed E-state index contributed by atoms with van der Waals surface area (Å²) in [4.78, 5) is 13.4. The van der Waals surface area contributed by atoms with E-state index in [4.69, 9.17) is 0 Å². The van der Waals surface area contributed by atoms with Crippen LogP contribution in [0.3, 0.4) is 0 Å². The van der Waals surface area contributed by atoms with E-state index in [1.54, 1.807) is 12.1 Å². The Hall–Kier alpha value is -1.55. The third-order valence-corrected chi connectivity index (χ3v) is 3.61. The molecule has 0 heterocycles. The van der Waals surface area contributed by atoms with Gasteiger partial charge in [-0.15, -0.1) is 0 Å². The molecule has 106 valence electrons. The van der Waals surface area contributed by atoms with Crippen LogP contribution in [0.4, 0.5) is 5.69 Å². The number of para-hydroxylation sites is 1. The Balaban J connectivity index is 2.65. The fraction of sp³-hybridized carbons (Fsp3) is 0.533. The smallest absolute Gasteiger partial charge is 0.337 e. The summed E-state index contributed by atoms with van der Waals surface area (Å²) in [6.45, 7) is 7.91. The van der Waals surface area contributed by atoms with Gasteiger partial charge >= 0.3 is 5.97 Å². The third-order valence-electron chi connectivity index (χ3n) is 3.61. The largest absolute Gasteiger partial charge is 0.478 e. The molecule has 1 unspecified atom stereocenters. The number of nitrogens with one attached hydrogen (secondary N) is 1. The van der Waals surface area contributed by atoms with Gasteiger partial charge in [-0.25, -0.2) is 4.79 Å². The molecule has 4 nitrogen and oxygen atoms in total. The number of likely N-dealkylation sites (N-methyl/N-ethyl adjacent to an activating group) is 1. The number of hydrogen-bond donors (Lipinski definition) is 2. The number of hydrogen-bond acceptors (Lipinski definition) is 3. The van der Waals surface area contributed by atoms with E-state index in [0.29, 0.717) is 11.6 Å². The zero-order valence-electron chi connectivity index (χ0n) is 12.2. The van der Waals surface area contributed by atoms with Crippen LogP contribution in [-0.2, 0) is 0 Å². The highest BCUT2D eigenvalue weighted by Gasteiger charge is 2.12. The number of aryl methyl sites for hydroxylation is 1. The molecular formula is C15H24N2O2. The van der Waals surface area contributed by atoms with Crippen molar-refractivity contribution in [1.82, 2.24) is 4.90 Å². The minimum absolute atomic E-state index is 0.339.